The first-order valence-corrected chi connectivity index (χ1v) is 13.9. The second-order valence-electron chi connectivity index (χ2n) is 8.66. The zero-order valence-electron chi connectivity index (χ0n) is 22.4. The molecule has 12 nitrogen and oxygen atoms in total. The van der Waals surface area contributed by atoms with Gasteiger partial charge in [0.2, 0.25) is 15.9 Å². The molecule has 0 saturated carbocycles. The van der Waals surface area contributed by atoms with E-state index in [1.165, 1.54) is 7.11 Å². The summed E-state index contributed by atoms with van der Waals surface area (Å²) >= 11 is 0. The molecule has 2 amide bonds. The van der Waals surface area contributed by atoms with Gasteiger partial charge >= 0.3 is 12.1 Å². The number of sulfonamides is 1. The summed E-state index contributed by atoms with van der Waals surface area (Å²) < 4.78 is 43.5. The van der Waals surface area contributed by atoms with Crippen molar-refractivity contribution in [1.82, 2.24) is 15.4 Å². The fraction of sp³-hybridized carbons (Fsp3) is 0.423. The Bertz CT molecular complexity index is 1200. The van der Waals surface area contributed by atoms with Gasteiger partial charge in [0.1, 0.15) is 18.9 Å². The Labute approximate surface area is 228 Å². The highest BCUT2D eigenvalue weighted by atomic mass is 32.2. The maximum atomic E-state index is 12.9. The molecule has 0 heterocycles. The quantitative estimate of drug-likeness (QED) is 0.179. The number of hydrogen-bond acceptors (Lipinski definition) is 8. The minimum absolute atomic E-state index is 0.00339. The highest BCUT2D eigenvalue weighted by molar-refractivity contribution is 7.89. The highest BCUT2D eigenvalue weighted by Gasteiger charge is 2.29. The predicted octanol–water partition coefficient (Wildman–Crippen LogP) is 0.567. The summed E-state index contributed by atoms with van der Waals surface area (Å²) in [7, 11) is -2.83. The molecule has 13 heteroatoms. The van der Waals surface area contributed by atoms with Gasteiger partial charge in [0.25, 0.3) is 0 Å². The summed E-state index contributed by atoms with van der Waals surface area (Å²) in [4.78, 5) is 35.6. The van der Waals surface area contributed by atoms with Crippen molar-refractivity contribution in [2.24, 2.45) is 0 Å². The summed E-state index contributed by atoms with van der Waals surface area (Å²) in [6, 6.07) is 11.4. The van der Waals surface area contributed by atoms with E-state index in [9.17, 15) is 22.8 Å². The first kappa shape index (κ1) is 31.5. The average molecular weight is 566 g/mol. The van der Waals surface area contributed by atoms with E-state index in [2.05, 4.69) is 25.8 Å². The normalized spacial score (nSPS) is 11.8. The molecule has 0 radical (unpaired) electrons. The van der Waals surface area contributed by atoms with Gasteiger partial charge in [-0.15, -0.1) is 0 Å². The zero-order chi connectivity index (χ0) is 28.8. The van der Waals surface area contributed by atoms with E-state index in [0.29, 0.717) is 23.3 Å². The summed E-state index contributed by atoms with van der Waals surface area (Å²) in [6.45, 7) is 4.15. The van der Waals surface area contributed by atoms with Gasteiger partial charge in [0.15, 0.2) is 6.04 Å². The molecule has 6 N–H and O–H groups in total. The second-order valence-corrected chi connectivity index (χ2v) is 10.3. The van der Waals surface area contributed by atoms with Crippen molar-refractivity contribution in [1.29, 1.82) is 0 Å². The molecule has 0 unspecified atom stereocenters. The number of hydrogen-bond donors (Lipinski definition) is 4. The van der Waals surface area contributed by atoms with Crippen LogP contribution >= 0.6 is 0 Å². The van der Waals surface area contributed by atoms with E-state index in [0.717, 1.165) is 5.56 Å². The van der Waals surface area contributed by atoms with Crippen molar-refractivity contribution < 1.29 is 42.7 Å². The standard InChI is InChI=1S/C26H36N4O8S/c1-18-14-21(15-19(2)24(18)39(34,35)30-22(16-27)25(32)36-3)37-13-7-10-23(31)28-11-12-29-26(33)38-17-20-8-5-4-6-9-20/h4-6,8-9,14-15,22,30H,7,10-13,16-17,27H2,1-3H3,(H,28,31)(H,29,33)/p+1/t22-/m1/s1. The van der Waals surface area contributed by atoms with Crippen LogP contribution in [0.1, 0.15) is 29.5 Å². The maximum Gasteiger partial charge on any atom is 0.407 e. The van der Waals surface area contributed by atoms with Gasteiger partial charge in [-0.25, -0.2) is 13.2 Å². The lowest BCUT2D eigenvalue weighted by Crippen LogP contribution is -2.62. The van der Waals surface area contributed by atoms with E-state index in [-0.39, 0.29) is 50.1 Å². The fourth-order valence-electron chi connectivity index (χ4n) is 3.68. The molecule has 0 aliphatic heterocycles. The maximum absolute atomic E-state index is 12.9. The van der Waals surface area contributed by atoms with Crippen LogP contribution in [0.3, 0.4) is 0 Å². The lowest BCUT2D eigenvalue weighted by atomic mass is 10.1. The van der Waals surface area contributed by atoms with E-state index < -0.39 is 28.1 Å². The number of alkyl carbamates (subject to hydrolysis) is 1. The molecule has 39 heavy (non-hydrogen) atoms. The van der Waals surface area contributed by atoms with Crippen molar-refractivity contribution in [2.75, 3.05) is 33.4 Å². The number of amides is 2. The Morgan fingerprint density at radius 1 is 1.00 bits per heavy atom. The number of benzene rings is 2. The molecular formula is C26H37N4O8S+. The third-order valence-electron chi connectivity index (χ3n) is 5.52. The predicted molar refractivity (Wildman–Crippen MR) is 142 cm³/mol. The van der Waals surface area contributed by atoms with Crippen LogP contribution in [-0.2, 0) is 35.7 Å². The second kappa shape index (κ2) is 15.7. The van der Waals surface area contributed by atoms with E-state index in [4.69, 9.17) is 9.47 Å². The van der Waals surface area contributed by atoms with Crippen LogP contribution < -0.4 is 25.8 Å². The number of ether oxygens (including phenoxy) is 3. The van der Waals surface area contributed by atoms with Crippen LogP contribution in [0, 0.1) is 13.8 Å². The molecule has 2 aromatic carbocycles. The van der Waals surface area contributed by atoms with Gasteiger partial charge in [-0.05, 0) is 49.1 Å². The number of carbonyl (C=O) groups is 3. The number of methoxy groups -OCH3 is 1. The number of esters is 1. The number of aryl methyl sites for hydroxylation is 2. The summed E-state index contributed by atoms with van der Waals surface area (Å²) in [6.07, 6.45) is 0.0853. The van der Waals surface area contributed by atoms with Crippen LogP contribution in [0.5, 0.6) is 5.75 Å². The van der Waals surface area contributed by atoms with Crippen LogP contribution in [0.4, 0.5) is 4.79 Å². The van der Waals surface area contributed by atoms with Crippen LogP contribution in [0.25, 0.3) is 0 Å². The van der Waals surface area contributed by atoms with E-state index >= 15 is 0 Å². The largest absolute Gasteiger partial charge is 0.494 e. The smallest absolute Gasteiger partial charge is 0.407 e. The molecule has 0 bridgehead atoms. The minimum atomic E-state index is -4.01. The minimum Gasteiger partial charge on any atom is -0.494 e. The number of carbonyl (C=O) groups excluding carboxylic acids is 3. The number of rotatable bonds is 15. The Kier molecular flexibility index (Phi) is 12.7. The fourth-order valence-corrected chi connectivity index (χ4v) is 5.35. The molecule has 0 saturated heterocycles. The third-order valence-corrected chi connectivity index (χ3v) is 7.30. The monoisotopic (exact) mass is 565 g/mol. The van der Waals surface area contributed by atoms with Crippen LogP contribution in [0.15, 0.2) is 47.4 Å². The molecule has 0 aliphatic rings. The first-order chi connectivity index (χ1) is 18.6. The molecule has 214 valence electrons. The van der Waals surface area contributed by atoms with Gasteiger partial charge in [-0.1, -0.05) is 30.3 Å². The van der Waals surface area contributed by atoms with Gasteiger partial charge < -0.3 is 30.6 Å². The Balaban J connectivity index is 1.72. The SMILES string of the molecule is COC(=O)[C@@H](C[NH3+])NS(=O)(=O)c1c(C)cc(OCCCC(=O)NCCNC(=O)OCc2ccccc2)cc1C. The van der Waals surface area contributed by atoms with Gasteiger partial charge in [-0.3, -0.25) is 9.59 Å². The Morgan fingerprint density at radius 3 is 2.26 bits per heavy atom. The first-order valence-electron chi connectivity index (χ1n) is 12.4. The van der Waals surface area contributed by atoms with Crippen molar-refractivity contribution in [2.45, 2.75) is 44.2 Å². The molecule has 0 aliphatic carbocycles. The summed E-state index contributed by atoms with van der Waals surface area (Å²) in [5.41, 5.74) is 5.36. The highest BCUT2D eigenvalue weighted by Crippen LogP contribution is 2.26. The summed E-state index contributed by atoms with van der Waals surface area (Å²) in [5.74, 6) is -0.446. The zero-order valence-corrected chi connectivity index (χ0v) is 23.3. The van der Waals surface area contributed by atoms with Crippen LogP contribution in [0.2, 0.25) is 0 Å². The average Bonchev–Trinajstić information content (AvgIpc) is 2.90. The molecule has 2 aromatic rings. The van der Waals surface area contributed by atoms with Gasteiger partial charge in [0.05, 0.1) is 18.6 Å². The number of nitrogens with one attached hydrogen (secondary N) is 3. The molecule has 0 aromatic heterocycles. The molecular weight excluding hydrogens is 528 g/mol. The molecule has 1 atom stereocenters. The topological polar surface area (TPSA) is 177 Å². The van der Waals surface area contributed by atoms with Crippen molar-refractivity contribution >= 4 is 28.0 Å². The van der Waals surface area contributed by atoms with Crippen molar-refractivity contribution in [3.63, 3.8) is 0 Å². The van der Waals surface area contributed by atoms with Gasteiger partial charge in [-0.2, -0.15) is 4.72 Å². The van der Waals surface area contributed by atoms with Crippen molar-refractivity contribution in [3.05, 3.63) is 59.2 Å². The molecule has 0 spiro atoms. The molecule has 0 fully saturated rings. The van der Waals surface area contributed by atoms with Gasteiger partial charge in [0, 0.05) is 19.5 Å². The number of quaternary nitrogens is 1. The van der Waals surface area contributed by atoms with Crippen molar-refractivity contribution in [3.8, 4) is 5.75 Å². The Morgan fingerprint density at radius 2 is 1.64 bits per heavy atom. The Hall–Kier alpha value is -3.68. The van der Waals surface area contributed by atoms with E-state index in [1.54, 1.807) is 26.0 Å². The lowest BCUT2D eigenvalue weighted by Gasteiger charge is -2.17. The summed E-state index contributed by atoms with van der Waals surface area (Å²) in [5, 5.41) is 5.28. The van der Waals surface area contributed by atoms with Crippen LogP contribution in [-0.4, -0.2) is 65.8 Å². The van der Waals surface area contributed by atoms with E-state index in [1.807, 2.05) is 30.3 Å². The lowest BCUT2D eigenvalue weighted by molar-refractivity contribution is -0.370. The molecule has 2 rings (SSSR count). The third kappa shape index (κ3) is 10.5.